The lowest BCUT2D eigenvalue weighted by molar-refractivity contribution is -0.128. The molecule has 4 nitrogen and oxygen atoms in total. The normalized spacial score (nSPS) is 12.1. The predicted octanol–water partition coefficient (Wildman–Crippen LogP) is 4.50. The van der Waals surface area contributed by atoms with Gasteiger partial charge in [-0.2, -0.15) is 0 Å². The molecule has 1 atom stereocenters. The maximum atomic E-state index is 12.1. The summed E-state index contributed by atoms with van der Waals surface area (Å²) in [4.78, 5) is 24.1. The van der Waals surface area contributed by atoms with Gasteiger partial charge in [0, 0.05) is 12.8 Å². The van der Waals surface area contributed by atoms with E-state index in [0.29, 0.717) is 25.8 Å². The summed E-state index contributed by atoms with van der Waals surface area (Å²) in [6.45, 7) is 4.79. The van der Waals surface area contributed by atoms with Crippen LogP contribution in [0.4, 0.5) is 0 Å². The smallest absolute Gasteiger partial charge is 0.220 e. The van der Waals surface area contributed by atoms with Crippen LogP contribution in [0.3, 0.4) is 0 Å². The van der Waals surface area contributed by atoms with Crippen molar-refractivity contribution in [3.05, 3.63) is 0 Å². The van der Waals surface area contributed by atoms with Crippen LogP contribution in [0, 0.1) is 0 Å². The average Bonchev–Trinajstić information content (AvgIpc) is 2.57. The number of nitrogens with one attached hydrogen (secondary N) is 1. The lowest BCUT2D eigenvalue weighted by atomic mass is 10.0. The van der Waals surface area contributed by atoms with Crippen LogP contribution in [0.2, 0.25) is 0 Å². The molecular weight excluding hydrogens is 300 g/mol. The van der Waals surface area contributed by atoms with Gasteiger partial charge in [-0.1, -0.05) is 65.2 Å². The van der Waals surface area contributed by atoms with Crippen LogP contribution in [-0.2, 0) is 9.59 Å². The standard InChI is InChI=1S/C20H40N2O2/c1-3-5-6-7-8-9-10-11-12-16-20(24)22-18(15-13-17-21)19(23)14-4-2/h18H,3-17,21H2,1-2H3,(H,22,24). The highest BCUT2D eigenvalue weighted by atomic mass is 16.2. The van der Waals surface area contributed by atoms with Crippen molar-refractivity contribution in [1.29, 1.82) is 0 Å². The Bertz CT molecular complexity index is 319. The summed E-state index contributed by atoms with van der Waals surface area (Å²) < 4.78 is 0. The fourth-order valence-electron chi connectivity index (χ4n) is 2.92. The highest BCUT2D eigenvalue weighted by Gasteiger charge is 2.18. The first-order chi connectivity index (χ1) is 11.7. The monoisotopic (exact) mass is 340 g/mol. The predicted molar refractivity (Wildman–Crippen MR) is 102 cm³/mol. The minimum Gasteiger partial charge on any atom is -0.346 e. The van der Waals surface area contributed by atoms with E-state index in [1.54, 1.807) is 0 Å². The third kappa shape index (κ3) is 13.5. The molecule has 1 unspecified atom stereocenters. The van der Waals surface area contributed by atoms with Crippen LogP contribution in [0.1, 0.15) is 104 Å². The second-order valence-electron chi connectivity index (χ2n) is 6.85. The van der Waals surface area contributed by atoms with Gasteiger partial charge < -0.3 is 11.1 Å². The second kappa shape index (κ2) is 16.9. The van der Waals surface area contributed by atoms with Crippen molar-refractivity contribution in [3.8, 4) is 0 Å². The molecular formula is C20H40N2O2. The van der Waals surface area contributed by atoms with Gasteiger partial charge >= 0.3 is 0 Å². The van der Waals surface area contributed by atoms with E-state index in [0.717, 1.165) is 25.7 Å². The molecule has 0 aliphatic carbocycles. The molecule has 0 bridgehead atoms. The molecule has 4 heteroatoms. The summed E-state index contributed by atoms with van der Waals surface area (Å²) in [7, 11) is 0. The first-order valence-electron chi connectivity index (χ1n) is 10.2. The highest BCUT2D eigenvalue weighted by Crippen LogP contribution is 2.11. The Labute approximate surface area is 149 Å². The Hall–Kier alpha value is -0.900. The fourth-order valence-corrected chi connectivity index (χ4v) is 2.92. The molecule has 0 radical (unpaired) electrons. The quantitative estimate of drug-likeness (QED) is 0.383. The first-order valence-corrected chi connectivity index (χ1v) is 10.2. The van der Waals surface area contributed by atoms with Crippen molar-refractivity contribution in [2.24, 2.45) is 5.73 Å². The molecule has 0 fully saturated rings. The molecule has 0 aliphatic heterocycles. The van der Waals surface area contributed by atoms with Gasteiger partial charge in [0.25, 0.3) is 0 Å². The minimum atomic E-state index is -0.334. The van der Waals surface area contributed by atoms with Crippen molar-refractivity contribution in [2.45, 2.75) is 110 Å². The summed E-state index contributed by atoms with van der Waals surface area (Å²) in [6.07, 6.45) is 14.5. The van der Waals surface area contributed by atoms with Crippen LogP contribution in [-0.4, -0.2) is 24.3 Å². The molecule has 0 aromatic carbocycles. The Morgan fingerprint density at radius 2 is 1.38 bits per heavy atom. The van der Waals surface area contributed by atoms with Crippen LogP contribution in [0.5, 0.6) is 0 Å². The largest absolute Gasteiger partial charge is 0.346 e. The SMILES string of the molecule is CCCCCCCCCCCC(=O)NC(CCCN)C(=O)CCC. The molecule has 0 spiro atoms. The van der Waals surface area contributed by atoms with Gasteiger partial charge in [0.1, 0.15) is 0 Å². The van der Waals surface area contributed by atoms with E-state index >= 15 is 0 Å². The van der Waals surface area contributed by atoms with E-state index in [9.17, 15) is 9.59 Å². The molecule has 0 aliphatic rings. The summed E-state index contributed by atoms with van der Waals surface area (Å²) in [5, 5.41) is 2.92. The fraction of sp³-hybridized carbons (Fsp3) is 0.900. The zero-order chi connectivity index (χ0) is 18.0. The molecule has 0 heterocycles. The molecule has 0 rings (SSSR count). The molecule has 0 saturated carbocycles. The van der Waals surface area contributed by atoms with Crippen LogP contribution >= 0.6 is 0 Å². The number of carbonyl (C=O) groups is 2. The Kier molecular flexibility index (Phi) is 16.3. The highest BCUT2D eigenvalue weighted by molar-refractivity contribution is 5.88. The van der Waals surface area contributed by atoms with Crippen molar-refractivity contribution in [1.82, 2.24) is 5.32 Å². The Morgan fingerprint density at radius 1 is 0.792 bits per heavy atom. The lowest BCUT2D eigenvalue weighted by Crippen LogP contribution is -2.41. The van der Waals surface area contributed by atoms with Gasteiger partial charge in [-0.3, -0.25) is 9.59 Å². The average molecular weight is 341 g/mol. The molecule has 0 saturated heterocycles. The van der Waals surface area contributed by atoms with Crippen LogP contribution in [0.25, 0.3) is 0 Å². The second-order valence-corrected chi connectivity index (χ2v) is 6.85. The minimum absolute atomic E-state index is 0.0180. The Morgan fingerprint density at radius 3 is 1.92 bits per heavy atom. The van der Waals surface area contributed by atoms with Crippen molar-refractivity contribution in [3.63, 3.8) is 0 Å². The lowest BCUT2D eigenvalue weighted by Gasteiger charge is -2.17. The van der Waals surface area contributed by atoms with E-state index in [2.05, 4.69) is 12.2 Å². The summed E-state index contributed by atoms with van der Waals surface area (Å²) in [5.74, 6) is 0.163. The molecule has 142 valence electrons. The van der Waals surface area contributed by atoms with Crippen LogP contribution < -0.4 is 11.1 Å². The molecule has 0 aromatic rings. The van der Waals surface area contributed by atoms with Gasteiger partial charge in [0.2, 0.25) is 5.91 Å². The molecule has 1 amide bonds. The number of nitrogens with two attached hydrogens (primary N) is 1. The molecule has 0 aromatic heterocycles. The number of hydrogen-bond donors (Lipinski definition) is 2. The first kappa shape index (κ1) is 23.1. The van der Waals surface area contributed by atoms with E-state index < -0.39 is 0 Å². The third-order valence-corrected chi connectivity index (χ3v) is 4.42. The maximum Gasteiger partial charge on any atom is 0.220 e. The third-order valence-electron chi connectivity index (χ3n) is 4.42. The van der Waals surface area contributed by atoms with Gasteiger partial charge in [-0.05, 0) is 32.2 Å². The van der Waals surface area contributed by atoms with E-state index in [-0.39, 0.29) is 17.7 Å². The topological polar surface area (TPSA) is 72.2 Å². The van der Waals surface area contributed by atoms with Crippen molar-refractivity contribution in [2.75, 3.05) is 6.54 Å². The number of hydrogen-bond acceptors (Lipinski definition) is 3. The van der Waals surface area contributed by atoms with E-state index in [1.165, 1.54) is 44.9 Å². The Balaban J connectivity index is 3.77. The zero-order valence-corrected chi connectivity index (χ0v) is 16.1. The van der Waals surface area contributed by atoms with Gasteiger partial charge in [-0.25, -0.2) is 0 Å². The number of amides is 1. The summed E-state index contributed by atoms with van der Waals surface area (Å²) in [5.41, 5.74) is 5.52. The summed E-state index contributed by atoms with van der Waals surface area (Å²) in [6, 6.07) is -0.334. The zero-order valence-electron chi connectivity index (χ0n) is 16.1. The van der Waals surface area contributed by atoms with E-state index in [4.69, 9.17) is 5.73 Å². The number of Topliss-reactive ketones (excluding diaryl/α,β-unsaturated/α-hetero) is 1. The maximum absolute atomic E-state index is 12.1. The van der Waals surface area contributed by atoms with Crippen molar-refractivity contribution < 1.29 is 9.59 Å². The number of unbranched alkanes of at least 4 members (excludes halogenated alkanes) is 8. The molecule has 3 N–H and O–H groups in total. The van der Waals surface area contributed by atoms with Crippen molar-refractivity contribution >= 4 is 11.7 Å². The van der Waals surface area contributed by atoms with Gasteiger partial charge in [0.15, 0.2) is 5.78 Å². The van der Waals surface area contributed by atoms with Crippen LogP contribution in [0.15, 0.2) is 0 Å². The molecule has 24 heavy (non-hydrogen) atoms. The number of carbonyl (C=O) groups excluding carboxylic acids is 2. The van der Waals surface area contributed by atoms with Gasteiger partial charge in [-0.15, -0.1) is 0 Å². The number of rotatable bonds is 17. The van der Waals surface area contributed by atoms with Gasteiger partial charge in [0.05, 0.1) is 6.04 Å². The number of ketones is 1. The summed E-state index contributed by atoms with van der Waals surface area (Å²) >= 11 is 0. The van der Waals surface area contributed by atoms with E-state index in [1.807, 2.05) is 6.92 Å².